The van der Waals surface area contributed by atoms with Crippen LogP contribution in [0.1, 0.15) is 23.6 Å². The minimum Gasteiger partial charge on any atom is -0.231 e. The zero-order chi connectivity index (χ0) is 19.6. The maximum absolute atomic E-state index is 13.3. The Balaban J connectivity index is 0.00000218. The van der Waals surface area contributed by atoms with E-state index in [4.69, 9.17) is 10.1 Å². The Morgan fingerprint density at radius 3 is 2.20 bits per heavy atom. The quantitative estimate of drug-likeness (QED) is 0.319. The largest absolute Gasteiger partial charge is 0.231 e. The first-order chi connectivity index (χ1) is 14.3. The van der Waals surface area contributed by atoms with Crippen molar-refractivity contribution >= 4 is 39.2 Å². The van der Waals surface area contributed by atoms with E-state index in [2.05, 4.69) is 36.4 Å². The lowest BCUT2D eigenvalue weighted by Crippen LogP contribution is -2.18. The van der Waals surface area contributed by atoms with Crippen molar-refractivity contribution in [1.29, 1.82) is 0 Å². The molecule has 0 amide bonds. The van der Waals surface area contributed by atoms with Gasteiger partial charge in [-0.25, -0.2) is 14.4 Å². The van der Waals surface area contributed by atoms with Gasteiger partial charge >= 0.3 is 0 Å². The average Bonchev–Trinajstić information content (AvgIpc) is 3.43. The number of halogens is 2. The minimum atomic E-state index is -0.245. The van der Waals surface area contributed by atoms with E-state index < -0.39 is 0 Å². The first-order valence-corrected chi connectivity index (χ1v) is 10.3. The molecule has 3 aromatic carbocycles. The fourth-order valence-electron chi connectivity index (χ4n) is 3.55. The zero-order valence-corrected chi connectivity index (χ0v) is 18.5. The Kier molecular flexibility index (Phi) is 6.06. The summed E-state index contributed by atoms with van der Waals surface area (Å²) in [5.74, 6) is -0.245. The highest BCUT2D eigenvalue weighted by Gasteiger charge is 2.31. The van der Waals surface area contributed by atoms with Crippen LogP contribution >= 0.6 is 28.3 Å². The van der Waals surface area contributed by atoms with Crippen LogP contribution in [-0.4, -0.2) is 10.7 Å². The summed E-state index contributed by atoms with van der Waals surface area (Å²) in [4.78, 5) is 4.81. The molecule has 0 bridgehead atoms. The lowest BCUT2D eigenvalue weighted by molar-refractivity contribution is 0.628. The number of aromatic nitrogens is 1. The molecule has 6 heteroatoms. The first-order valence-electron chi connectivity index (χ1n) is 9.46. The second-order valence-electron chi connectivity index (χ2n) is 6.91. The molecule has 0 saturated carbocycles. The van der Waals surface area contributed by atoms with Crippen molar-refractivity contribution in [3.05, 3.63) is 107 Å². The Hall–Kier alpha value is -2.83. The van der Waals surface area contributed by atoms with Gasteiger partial charge in [-0.05, 0) is 35.4 Å². The van der Waals surface area contributed by atoms with Crippen molar-refractivity contribution in [3.8, 4) is 11.3 Å². The average molecular weight is 480 g/mol. The molecule has 4 aromatic rings. The van der Waals surface area contributed by atoms with Crippen LogP contribution in [0, 0.1) is 5.82 Å². The third-order valence-corrected chi connectivity index (χ3v) is 5.86. The maximum Gasteiger partial charge on any atom is 0.207 e. The van der Waals surface area contributed by atoms with Gasteiger partial charge in [0.1, 0.15) is 5.82 Å². The maximum atomic E-state index is 13.3. The molecule has 0 fully saturated rings. The number of rotatable bonds is 4. The fraction of sp³-hybridized carbons (Fsp3) is 0.0833. The van der Waals surface area contributed by atoms with Gasteiger partial charge in [0.15, 0.2) is 0 Å². The third kappa shape index (κ3) is 4.06. The van der Waals surface area contributed by atoms with Crippen molar-refractivity contribution in [3.63, 3.8) is 0 Å². The van der Waals surface area contributed by atoms with E-state index in [9.17, 15) is 4.39 Å². The van der Waals surface area contributed by atoms with Crippen LogP contribution in [0.15, 0.2) is 95.4 Å². The van der Waals surface area contributed by atoms with Crippen LogP contribution < -0.4 is 5.01 Å². The molecular formula is C24H19BrFN3S. The number of hydrogen-bond acceptors (Lipinski definition) is 4. The van der Waals surface area contributed by atoms with Gasteiger partial charge < -0.3 is 0 Å². The normalized spacial score (nSPS) is 15.6. The topological polar surface area (TPSA) is 28.5 Å². The number of anilines is 1. The van der Waals surface area contributed by atoms with Crippen LogP contribution in [0.5, 0.6) is 0 Å². The number of hydrogen-bond donors (Lipinski definition) is 0. The monoisotopic (exact) mass is 479 g/mol. The predicted molar refractivity (Wildman–Crippen MR) is 127 cm³/mol. The van der Waals surface area contributed by atoms with Crippen LogP contribution in [-0.2, 0) is 0 Å². The molecule has 5 rings (SSSR count). The lowest BCUT2D eigenvalue weighted by atomic mass is 9.99. The highest BCUT2D eigenvalue weighted by molar-refractivity contribution is 8.93. The molecule has 1 unspecified atom stereocenters. The number of nitrogens with zero attached hydrogens (tertiary/aromatic N) is 3. The van der Waals surface area contributed by atoms with Gasteiger partial charge in [-0.15, -0.1) is 28.3 Å². The second-order valence-corrected chi connectivity index (χ2v) is 7.75. The summed E-state index contributed by atoms with van der Waals surface area (Å²) in [5, 5.41) is 9.81. The highest BCUT2D eigenvalue weighted by atomic mass is 79.9. The lowest BCUT2D eigenvalue weighted by Gasteiger charge is -2.21. The Labute approximate surface area is 189 Å². The van der Waals surface area contributed by atoms with E-state index in [1.807, 2.05) is 34.7 Å². The van der Waals surface area contributed by atoms with Crippen LogP contribution in [0.4, 0.5) is 9.52 Å². The van der Waals surface area contributed by atoms with E-state index >= 15 is 0 Å². The third-order valence-electron chi connectivity index (χ3n) is 5.03. The molecule has 3 nitrogen and oxygen atoms in total. The van der Waals surface area contributed by atoms with Crippen molar-refractivity contribution in [2.24, 2.45) is 5.10 Å². The summed E-state index contributed by atoms with van der Waals surface area (Å²) in [6.45, 7) is 0. The van der Waals surface area contributed by atoms with Gasteiger partial charge in [0.2, 0.25) is 5.13 Å². The van der Waals surface area contributed by atoms with Gasteiger partial charge in [0, 0.05) is 17.4 Å². The minimum absolute atomic E-state index is 0. The van der Waals surface area contributed by atoms with Gasteiger partial charge in [0.05, 0.1) is 17.4 Å². The molecule has 1 aromatic heterocycles. The van der Waals surface area contributed by atoms with Crippen LogP contribution in [0.3, 0.4) is 0 Å². The van der Waals surface area contributed by atoms with Crippen molar-refractivity contribution < 1.29 is 4.39 Å². The second kappa shape index (κ2) is 8.90. The first kappa shape index (κ1) is 20.4. The van der Waals surface area contributed by atoms with E-state index in [0.717, 1.165) is 34.1 Å². The summed E-state index contributed by atoms with van der Waals surface area (Å²) >= 11 is 1.56. The number of benzene rings is 3. The molecule has 0 spiro atoms. The molecule has 1 aliphatic rings. The molecule has 2 heterocycles. The van der Waals surface area contributed by atoms with E-state index in [1.54, 1.807) is 23.5 Å². The molecule has 0 aliphatic carbocycles. The number of thiazole rings is 1. The summed E-state index contributed by atoms with van der Waals surface area (Å²) in [5.41, 5.74) is 5.13. The SMILES string of the molecule is Br.Fc1ccc(-c2csc(N3N=C(c4ccccc4)CC3c3ccccc3)n2)cc1. The summed E-state index contributed by atoms with van der Waals surface area (Å²) in [7, 11) is 0. The summed E-state index contributed by atoms with van der Waals surface area (Å²) in [6.07, 6.45) is 0.819. The Morgan fingerprint density at radius 2 is 1.50 bits per heavy atom. The zero-order valence-electron chi connectivity index (χ0n) is 16.0. The molecule has 1 atom stereocenters. The van der Waals surface area contributed by atoms with E-state index in [0.29, 0.717) is 0 Å². The molecule has 1 aliphatic heterocycles. The van der Waals surface area contributed by atoms with Gasteiger partial charge in [-0.2, -0.15) is 5.10 Å². The van der Waals surface area contributed by atoms with E-state index in [-0.39, 0.29) is 28.8 Å². The predicted octanol–water partition coefficient (Wildman–Crippen LogP) is 6.88. The molecular weight excluding hydrogens is 461 g/mol. The summed E-state index contributed by atoms with van der Waals surface area (Å²) < 4.78 is 13.3. The molecule has 30 heavy (non-hydrogen) atoms. The van der Waals surface area contributed by atoms with Crippen LogP contribution in [0.2, 0.25) is 0 Å². The van der Waals surface area contributed by atoms with E-state index in [1.165, 1.54) is 17.7 Å². The van der Waals surface area contributed by atoms with Crippen molar-refractivity contribution in [1.82, 2.24) is 4.98 Å². The summed E-state index contributed by atoms with van der Waals surface area (Å²) in [6, 6.07) is 27.2. The van der Waals surface area contributed by atoms with Crippen LogP contribution in [0.25, 0.3) is 11.3 Å². The molecule has 150 valence electrons. The fourth-order valence-corrected chi connectivity index (χ4v) is 4.38. The standard InChI is InChI=1S/C24H18FN3S.BrH/c25-20-13-11-18(12-14-20)22-16-29-24(26-22)28-23(19-9-5-2-6-10-19)15-21(27-28)17-7-3-1-4-8-17;/h1-14,16,23H,15H2;1H. The van der Waals surface area contributed by atoms with Crippen molar-refractivity contribution in [2.75, 3.05) is 5.01 Å². The Bertz CT molecular complexity index is 1140. The highest BCUT2D eigenvalue weighted by Crippen LogP contribution is 2.39. The van der Waals surface area contributed by atoms with Gasteiger partial charge in [-0.1, -0.05) is 60.7 Å². The smallest absolute Gasteiger partial charge is 0.207 e. The van der Waals surface area contributed by atoms with Crippen molar-refractivity contribution in [2.45, 2.75) is 12.5 Å². The molecule has 0 saturated heterocycles. The van der Waals surface area contributed by atoms with Gasteiger partial charge in [0.25, 0.3) is 0 Å². The molecule has 0 radical (unpaired) electrons. The number of hydrazone groups is 1. The molecule has 0 N–H and O–H groups in total. The van der Waals surface area contributed by atoms with Gasteiger partial charge in [-0.3, -0.25) is 0 Å². The Morgan fingerprint density at radius 1 is 0.833 bits per heavy atom.